The summed E-state index contributed by atoms with van der Waals surface area (Å²) in [6.45, 7) is 6.92. The molecule has 0 spiro atoms. The Morgan fingerprint density at radius 3 is 2.74 bits per heavy atom. The number of aliphatic imine (C=N–C) groups is 1. The van der Waals surface area contributed by atoms with Gasteiger partial charge >= 0.3 is 0 Å². The maximum absolute atomic E-state index is 5.62. The number of ether oxygens (including phenoxy) is 1. The van der Waals surface area contributed by atoms with Gasteiger partial charge in [-0.2, -0.15) is 0 Å². The van der Waals surface area contributed by atoms with Crippen LogP contribution in [0.5, 0.6) is 5.75 Å². The Labute approximate surface area is 115 Å². The Balaban J connectivity index is 1.75. The topological polar surface area (TPSA) is 45.6 Å². The molecule has 19 heavy (non-hydrogen) atoms. The van der Waals surface area contributed by atoms with Crippen LogP contribution in [0.4, 0.5) is 0 Å². The number of guanidine groups is 1. The van der Waals surface area contributed by atoms with Gasteiger partial charge in [-0.15, -0.1) is 0 Å². The lowest BCUT2D eigenvalue weighted by Gasteiger charge is -2.16. The molecule has 4 nitrogen and oxygen atoms in total. The van der Waals surface area contributed by atoms with Crippen LogP contribution in [0.1, 0.15) is 25.8 Å². The van der Waals surface area contributed by atoms with E-state index in [2.05, 4.69) is 27.8 Å². The highest BCUT2D eigenvalue weighted by Gasteiger charge is 2.03. The molecule has 0 saturated carbocycles. The predicted octanol–water partition coefficient (Wildman–Crippen LogP) is 1.96. The maximum atomic E-state index is 5.62. The van der Waals surface area contributed by atoms with Crippen LogP contribution in [0.3, 0.4) is 0 Å². The van der Waals surface area contributed by atoms with Crippen molar-refractivity contribution < 1.29 is 4.74 Å². The van der Waals surface area contributed by atoms with Gasteiger partial charge in [-0.1, -0.05) is 12.1 Å². The molecule has 1 aromatic rings. The van der Waals surface area contributed by atoms with E-state index in [9.17, 15) is 0 Å². The van der Waals surface area contributed by atoms with Crippen LogP contribution in [0, 0.1) is 0 Å². The van der Waals surface area contributed by atoms with Crippen molar-refractivity contribution in [2.45, 2.75) is 32.8 Å². The van der Waals surface area contributed by atoms with Gasteiger partial charge in [0, 0.05) is 19.6 Å². The molecule has 0 atom stereocenters. The summed E-state index contributed by atoms with van der Waals surface area (Å²) in [5, 5.41) is 6.58. The second-order valence-electron chi connectivity index (χ2n) is 5.00. The Kier molecular flexibility index (Phi) is 5.07. The molecule has 1 aliphatic rings. The number of rotatable bonds is 5. The van der Waals surface area contributed by atoms with Gasteiger partial charge in [0.15, 0.2) is 5.96 Å². The number of nitrogens with one attached hydrogen (secondary N) is 2. The molecule has 2 rings (SSSR count). The van der Waals surface area contributed by atoms with Gasteiger partial charge in [-0.3, -0.25) is 4.99 Å². The summed E-state index contributed by atoms with van der Waals surface area (Å²) in [6.07, 6.45) is 2.34. The summed E-state index contributed by atoms with van der Waals surface area (Å²) in [5.41, 5.74) is 1.31. The molecule has 1 aromatic carbocycles. The Bertz CT molecular complexity index is 412. The lowest BCUT2D eigenvalue weighted by Crippen LogP contribution is -2.41. The van der Waals surface area contributed by atoms with Gasteiger partial charge in [0.05, 0.1) is 6.10 Å². The largest absolute Gasteiger partial charge is 0.491 e. The molecule has 0 radical (unpaired) electrons. The Morgan fingerprint density at radius 2 is 2.11 bits per heavy atom. The molecular weight excluding hydrogens is 238 g/mol. The van der Waals surface area contributed by atoms with E-state index in [4.69, 9.17) is 4.74 Å². The first-order valence-corrected chi connectivity index (χ1v) is 7.02. The van der Waals surface area contributed by atoms with E-state index >= 15 is 0 Å². The third kappa shape index (κ3) is 4.81. The third-order valence-electron chi connectivity index (χ3n) is 2.90. The van der Waals surface area contributed by atoms with Crippen molar-refractivity contribution in [3.8, 4) is 5.75 Å². The average Bonchev–Trinajstić information content (AvgIpc) is 2.41. The van der Waals surface area contributed by atoms with E-state index in [1.807, 2.05) is 26.0 Å². The summed E-state index contributed by atoms with van der Waals surface area (Å²) < 4.78 is 5.62. The molecule has 0 fully saturated rings. The molecule has 4 heteroatoms. The number of benzene rings is 1. The smallest absolute Gasteiger partial charge is 0.191 e. The predicted molar refractivity (Wildman–Crippen MR) is 78.8 cm³/mol. The summed E-state index contributed by atoms with van der Waals surface area (Å²) >= 11 is 0. The monoisotopic (exact) mass is 261 g/mol. The van der Waals surface area contributed by atoms with Gasteiger partial charge in [0.1, 0.15) is 5.75 Å². The average molecular weight is 261 g/mol. The summed E-state index contributed by atoms with van der Waals surface area (Å²) in [4.78, 5) is 4.38. The van der Waals surface area contributed by atoms with Crippen molar-refractivity contribution in [3.05, 3.63) is 29.8 Å². The van der Waals surface area contributed by atoms with Crippen molar-refractivity contribution in [3.63, 3.8) is 0 Å². The molecule has 0 amide bonds. The molecule has 2 N–H and O–H groups in total. The van der Waals surface area contributed by atoms with Gasteiger partial charge < -0.3 is 15.4 Å². The fourth-order valence-electron chi connectivity index (χ4n) is 1.98. The molecule has 0 unspecified atom stereocenters. The van der Waals surface area contributed by atoms with Crippen LogP contribution in [0.2, 0.25) is 0 Å². The van der Waals surface area contributed by atoms with Gasteiger partial charge in [0.25, 0.3) is 0 Å². The molecule has 1 aliphatic heterocycles. The number of hydrogen-bond acceptors (Lipinski definition) is 4. The first-order valence-electron chi connectivity index (χ1n) is 7.02. The van der Waals surface area contributed by atoms with Crippen LogP contribution >= 0.6 is 0 Å². The first kappa shape index (κ1) is 13.7. The molecule has 0 bridgehead atoms. The van der Waals surface area contributed by atoms with Crippen LogP contribution < -0.4 is 15.4 Å². The quantitative estimate of drug-likeness (QED) is 0.851. The van der Waals surface area contributed by atoms with Crippen LogP contribution in [0.15, 0.2) is 29.3 Å². The van der Waals surface area contributed by atoms with E-state index < -0.39 is 0 Å². The molecular formula is C15H23N3O. The van der Waals surface area contributed by atoms with Gasteiger partial charge in [-0.05, 0) is 44.4 Å². The third-order valence-corrected chi connectivity index (χ3v) is 2.90. The zero-order chi connectivity index (χ0) is 13.5. The van der Waals surface area contributed by atoms with E-state index in [-0.39, 0.29) is 6.10 Å². The molecule has 0 saturated heterocycles. The standard InChI is InChI=1S/C15H23N3O/c1-12(2)19-14-6-4-13(5-7-14)8-11-18-15-16-9-3-10-17-15/h4-7,12H,3,8-11H2,1-2H3,(H2,16,17,18). The summed E-state index contributed by atoms with van der Waals surface area (Å²) in [5.74, 6) is 1.87. The fourth-order valence-corrected chi connectivity index (χ4v) is 1.98. The van der Waals surface area contributed by atoms with Crippen molar-refractivity contribution in [1.29, 1.82) is 0 Å². The van der Waals surface area contributed by atoms with Gasteiger partial charge in [-0.25, -0.2) is 0 Å². The summed E-state index contributed by atoms with van der Waals surface area (Å²) in [6, 6.07) is 8.31. The number of hydrogen-bond donors (Lipinski definition) is 2. The molecule has 104 valence electrons. The lowest BCUT2D eigenvalue weighted by atomic mass is 10.1. The highest BCUT2D eigenvalue weighted by atomic mass is 16.5. The highest BCUT2D eigenvalue weighted by molar-refractivity contribution is 5.80. The Morgan fingerprint density at radius 1 is 1.32 bits per heavy atom. The second kappa shape index (κ2) is 7.02. The first-order chi connectivity index (χ1) is 9.24. The van der Waals surface area contributed by atoms with E-state index in [0.717, 1.165) is 44.2 Å². The molecule has 1 heterocycles. The molecule has 0 aromatic heterocycles. The SMILES string of the molecule is CC(C)Oc1ccc(CCNC2=NCCCN2)cc1. The molecule has 0 aliphatic carbocycles. The zero-order valence-corrected chi connectivity index (χ0v) is 11.8. The zero-order valence-electron chi connectivity index (χ0n) is 11.8. The Hall–Kier alpha value is -1.71. The number of nitrogens with zero attached hydrogens (tertiary/aromatic N) is 1. The van der Waals surface area contributed by atoms with Crippen LogP contribution in [-0.2, 0) is 6.42 Å². The minimum Gasteiger partial charge on any atom is -0.491 e. The lowest BCUT2D eigenvalue weighted by molar-refractivity contribution is 0.242. The van der Waals surface area contributed by atoms with Crippen molar-refractivity contribution in [1.82, 2.24) is 10.6 Å². The van der Waals surface area contributed by atoms with E-state index in [0.29, 0.717) is 0 Å². The van der Waals surface area contributed by atoms with Crippen LogP contribution in [-0.4, -0.2) is 31.7 Å². The van der Waals surface area contributed by atoms with Crippen molar-refractivity contribution in [2.24, 2.45) is 4.99 Å². The van der Waals surface area contributed by atoms with Crippen molar-refractivity contribution >= 4 is 5.96 Å². The normalized spacial score (nSPS) is 14.8. The minimum atomic E-state index is 0.225. The van der Waals surface area contributed by atoms with Crippen molar-refractivity contribution in [2.75, 3.05) is 19.6 Å². The highest BCUT2D eigenvalue weighted by Crippen LogP contribution is 2.13. The van der Waals surface area contributed by atoms with E-state index in [1.165, 1.54) is 5.56 Å². The fraction of sp³-hybridized carbons (Fsp3) is 0.533. The second-order valence-corrected chi connectivity index (χ2v) is 5.00. The van der Waals surface area contributed by atoms with E-state index in [1.54, 1.807) is 0 Å². The maximum Gasteiger partial charge on any atom is 0.191 e. The minimum absolute atomic E-state index is 0.225. The summed E-state index contributed by atoms with van der Waals surface area (Å²) in [7, 11) is 0. The van der Waals surface area contributed by atoms with Crippen LogP contribution in [0.25, 0.3) is 0 Å². The van der Waals surface area contributed by atoms with Gasteiger partial charge in [0.2, 0.25) is 0 Å².